The Hall–Kier alpha value is -1.84. The average Bonchev–Trinajstić information content (AvgIpc) is 2.49. The van der Waals surface area contributed by atoms with Gasteiger partial charge in [-0.25, -0.2) is 0 Å². The van der Waals surface area contributed by atoms with Crippen LogP contribution in [-0.4, -0.2) is 15.9 Å². The Balaban J connectivity index is 2.71. The topological polar surface area (TPSA) is 71.8 Å². The Morgan fingerprint density at radius 3 is 3.08 bits per heavy atom. The van der Waals surface area contributed by atoms with Crippen LogP contribution in [-0.2, 0) is 0 Å². The minimum absolute atomic E-state index is 0.429. The average molecular weight is 161 g/mol. The van der Waals surface area contributed by atoms with Crippen molar-refractivity contribution < 1.29 is 4.79 Å². The number of nitrogens with two attached hydrogens (primary N) is 1. The minimum Gasteiger partial charge on any atom is -0.366 e. The molecule has 0 aromatic rings. The van der Waals surface area contributed by atoms with Crippen molar-refractivity contribution in [3.05, 3.63) is 30.2 Å². The van der Waals surface area contributed by atoms with Gasteiger partial charge in [0.15, 0.2) is 0 Å². The van der Waals surface area contributed by atoms with Crippen molar-refractivity contribution in [2.24, 2.45) is 5.73 Å². The molecule has 0 saturated heterocycles. The number of H-pyrrole nitrogens is 1. The van der Waals surface area contributed by atoms with E-state index in [1.54, 1.807) is 24.7 Å². The van der Waals surface area contributed by atoms with Gasteiger partial charge in [0.1, 0.15) is 0 Å². The van der Waals surface area contributed by atoms with Crippen molar-refractivity contribution in [3.8, 4) is 11.3 Å². The third-order valence-corrected chi connectivity index (χ3v) is 1.74. The van der Waals surface area contributed by atoms with E-state index in [9.17, 15) is 4.79 Å². The number of primary amides is 1. The van der Waals surface area contributed by atoms with E-state index >= 15 is 0 Å². The van der Waals surface area contributed by atoms with Crippen LogP contribution in [0.1, 0.15) is 10.4 Å². The van der Waals surface area contributed by atoms with Crippen molar-refractivity contribution in [1.29, 1.82) is 0 Å². The minimum atomic E-state index is -0.429. The van der Waals surface area contributed by atoms with Gasteiger partial charge in [0.25, 0.3) is 0 Å². The highest BCUT2D eigenvalue weighted by Crippen LogP contribution is 2.21. The lowest BCUT2D eigenvalue weighted by molar-refractivity contribution is 0.100. The van der Waals surface area contributed by atoms with Gasteiger partial charge in [-0.15, -0.1) is 0 Å². The molecule has 4 heteroatoms. The molecule has 0 radical (unpaired) electrons. The Kier molecular flexibility index (Phi) is 1.33. The molecule has 3 N–H and O–H groups in total. The molecule has 2 aliphatic heterocycles. The molecular formula is C8H7N3O. The van der Waals surface area contributed by atoms with Crippen LogP contribution in [0.25, 0.3) is 11.3 Å². The molecule has 0 aromatic carbocycles. The van der Waals surface area contributed by atoms with Crippen LogP contribution in [0.4, 0.5) is 0 Å². The summed E-state index contributed by atoms with van der Waals surface area (Å²) in [4.78, 5) is 17.8. The summed E-state index contributed by atoms with van der Waals surface area (Å²) in [7, 11) is 0. The summed E-state index contributed by atoms with van der Waals surface area (Å²) in [6.07, 6.45) is 4.94. The van der Waals surface area contributed by atoms with E-state index in [0.29, 0.717) is 5.56 Å². The number of aromatic amines is 1. The standard InChI is InChI=1S/C8H7N3O/c9-8(12)5-1-2-11-7-4-10-3-6(5)7/h1-4,11H,(H2,9,12). The molecule has 1 amide bonds. The van der Waals surface area contributed by atoms with Crippen molar-refractivity contribution >= 4 is 5.91 Å². The largest absolute Gasteiger partial charge is 0.366 e. The molecule has 0 aliphatic carbocycles. The Bertz CT molecular complexity index is 393. The van der Waals surface area contributed by atoms with E-state index < -0.39 is 5.91 Å². The summed E-state index contributed by atoms with van der Waals surface area (Å²) < 4.78 is 0. The van der Waals surface area contributed by atoms with E-state index in [-0.39, 0.29) is 0 Å². The monoisotopic (exact) mass is 161 g/mol. The molecule has 4 nitrogen and oxygen atoms in total. The predicted molar refractivity (Wildman–Crippen MR) is 43.7 cm³/mol. The fourth-order valence-corrected chi connectivity index (χ4v) is 1.17. The smallest absolute Gasteiger partial charge is 0.249 e. The number of fused-ring (bicyclic) bond motifs is 1. The quantitative estimate of drug-likeness (QED) is 0.643. The summed E-state index contributed by atoms with van der Waals surface area (Å²) in [6.45, 7) is 0. The van der Waals surface area contributed by atoms with E-state index in [1.165, 1.54) is 0 Å². The molecule has 0 atom stereocenters. The van der Waals surface area contributed by atoms with Gasteiger partial charge in [0.2, 0.25) is 5.91 Å². The molecule has 0 saturated carbocycles. The first-order chi connectivity index (χ1) is 5.79. The van der Waals surface area contributed by atoms with Crippen LogP contribution in [0.2, 0.25) is 0 Å². The maximum absolute atomic E-state index is 10.9. The normalized spacial score (nSPS) is 10.3. The summed E-state index contributed by atoms with van der Waals surface area (Å²) in [6, 6.07) is 1.65. The maximum Gasteiger partial charge on any atom is 0.249 e. The van der Waals surface area contributed by atoms with E-state index in [4.69, 9.17) is 5.73 Å². The number of carbonyl (C=O) groups excluding carboxylic acids is 1. The number of nitrogens with zero attached hydrogens (tertiary/aromatic N) is 1. The second-order valence-corrected chi connectivity index (χ2v) is 2.49. The van der Waals surface area contributed by atoms with Gasteiger partial charge in [-0.2, -0.15) is 0 Å². The molecule has 2 aliphatic rings. The second-order valence-electron chi connectivity index (χ2n) is 2.49. The lowest BCUT2D eigenvalue weighted by atomic mass is 10.1. The summed E-state index contributed by atoms with van der Waals surface area (Å²) in [5.41, 5.74) is 7.25. The number of pyridine rings is 1. The molecule has 0 unspecified atom stereocenters. The third kappa shape index (κ3) is 0.852. The molecule has 60 valence electrons. The van der Waals surface area contributed by atoms with Crippen LogP contribution in [0, 0.1) is 0 Å². The van der Waals surface area contributed by atoms with Crippen LogP contribution >= 0.6 is 0 Å². The second kappa shape index (κ2) is 2.34. The number of nitrogens with one attached hydrogen (secondary N) is 1. The van der Waals surface area contributed by atoms with E-state index in [2.05, 4.69) is 9.97 Å². The van der Waals surface area contributed by atoms with E-state index in [0.717, 1.165) is 11.3 Å². The predicted octanol–water partition coefficient (Wildman–Crippen LogP) is 0.613. The zero-order valence-corrected chi connectivity index (χ0v) is 6.24. The number of carbonyl (C=O) groups is 1. The van der Waals surface area contributed by atoms with Crippen LogP contribution in [0.5, 0.6) is 0 Å². The number of hydrogen-bond acceptors (Lipinski definition) is 2. The lowest BCUT2D eigenvalue weighted by Gasteiger charge is -2.01. The molecule has 0 spiro atoms. The lowest BCUT2D eigenvalue weighted by Crippen LogP contribution is -2.12. The fraction of sp³-hybridized carbons (Fsp3) is 0. The Morgan fingerprint density at radius 2 is 2.33 bits per heavy atom. The van der Waals surface area contributed by atoms with Crippen LogP contribution in [0.15, 0.2) is 24.7 Å². The number of hydrogen-bond donors (Lipinski definition) is 2. The molecular weight excluding hydrogens is 154 g/mol. The first-order valence-electron chi connectivity index (χ1n) is 3.50. The van der Waals surface area contributed by atoms with Gasteiger partial charge in [-0.3, -0.25) is 9.78 Å². The first kappa shape index (κ1) is 6.84. The SMILES string of the molecule is NC(=O)c1cc[nH]c2cncc1-2. The van der Waals surface area contributed by atoms with Gasteiger partial charge in [0.05, 0.1) is 17.5 Å². The van der Waals surface area contributed by atoms with Crippen molar-refractivity contribution in [3.63, 3.8) is 0 Å². The van der Waals surface area contributed by atoms with Crippen LogP contribution in [0.3, 0.4) is 0 Å². The fourth-order valence-electron chi connectivity index (χ4n) is 1.17. The number of amides is 1. The highest BCUT2D eigenvalue weighted by atomic mass is 16.1. The molecule has 0 fully saturated rings. The van der Waals surface area contributed by atoms with Gasteiger partial charge in [0, 0.05) is 18.0 Å². The number of aromatic nitrogens is 2. The molecule has 2 rings (SSSR count). The van der Waals surface area contributed by atoms with Crippen molar-refractivity contribution in [1.82, 2.24) is 9.97 Å². The zero-order chi connectivity index (χ0) is 8.55. The first-order valence-corrected chi connectivity index (χ1v) is 3.50. The van der Waals surface area contributed by atoms with Crippen molar-refractivity contribution in [2.45, 2.75) is 0 Å². The highest BCUT2D eigenvalue weighted by molar-refractivity contribution is 5.99. The van der Waals surface area contributed by atoms with Gasteiger partial charge >= 0.3 is 0 Å². The van der Waals surface area contributed by atoms with Crippen LogP contribution < -0.4 is 5.73 Å². The maximum atomic E-state index is 10.9. The molecule has 0 aromatic heterocycles. The van der Waals surface area contributed by atoms with E-state index in [1.807, 2.05) is 0 Å². The van der Waals surface area contributed by atoms with Crippen molar-refractivity contribution in [2.75, 3.05) is 0 Å². The highest BCUT2D eigenvalue weighted by Gasteiger charge is 2.11. The Morgan fingerprint density at radius 1 is 1.50 bits per heavy atom. The zero-order valence-electron chi connectivity index (χ0n) is 6.24. The van der Waals surface area contributed by atoms with Gasteiger partial charge < -0.3 is 10.7 Å². The third-order valence-electron chi connectivity index (χ3n) is 1.74. The van der Waals surface area contributed by atoms with Gasteiger partial charge in [-0.1, -0.05) is 0 Å². The molecule has 12 heavy (non-hydrogen) atoms. The Labute approximate surface area is 68.8 Å². The summed E-state index contributed by atoms with van der Waals surface area (Å²) >= 11 is 0. The number of rotatable bonds is 1. The summed E-state index contributed by atoms with van der Waals surface area (Å²) in [5.74, 6) is -0.429. The molecule has 0 bridgehead atoms. The van der Waals surface area contributed by atoms with Gasteiger partial charge in [-0.05, 0) is 6.07 Å². The molecule has 2 heterocycles. The summed E-state index contributed by atoms with van der Waals surface area (Å²) in [5, 5.41) is 0.